The Bertz CT molecular complexity index is 495. The molecule has 3 heteroatoms. The van der Waals surface area contributed by atoms with Crippen LogP contribution in [0.25, 0.3) is 11.1 Å². The molecule has 0 unspecified atom stereocenters. The van der Waals surface area contributed by atoms with Gasteiger partial charge in [-0.25, -0.2) is 0 Å². The van der Waals surface area contributed by atoms with E-state index in [-0.39, 0.29) is 0 Å². The van der Waals surface area contributed by atoms with E-state index >= 15 is 0 Å². The fraction of sp³-hybridized carbons (Fsp3) is 0. The van der Waals surface area contributed by atoms with Crippen LogP contribution in [0.5, 0.6) is 0 Å². The minimum absolute atomic E-state index is 0.685. The highest BCUT2D eigenvalue weighted by Gasteiger charge is 2.06. The summed E-state index contributed by atoms with van der Waals surface area (Å²) in [6.45, 7) is 0. The first-order chi connectivity index (χ1) is 7.18. The van der Waals surface area contributed by atoms with Crippen LogP contribution in [0.1, 0.15) is 0 Å². The van der Waals surface area contributed by atoms with Gasteiger partial charge < -0.3 is 0 Å². The Labute approximate surface area is 107 Å². The first-order valence-corrected chi connectivity index (χ1v) is 5.93. The van der Waals surface area contributed by atoms with Gasteiger partial charge in [0.15, 0.2) is 0 Å². The average Bonchev–Trinajstić information content (AvgIpc) is 2.23. The van der Waals surface area contributed by atoms with Crippen molar-refractivity contribution in [1.29, 1.82) is 0 Å². The Morgan fingerprint density at radius 2 is 1.60 bits per heavy atom. The van der Waals surface area contributed by atoms with Gasteiger partial charge in [0.2, 0.25) is 0 Å². The van der Waals surface area contributed by atoms with Gasteiger partial charge in [0.05, 0.1) is 0 Å². The molecular formula is C12H7BrCl2. The van der Waals surface area contributed by atoms with Crippen molar-refractivity contribution in [2.75, 3.05) is 0 Å². The lowest BCUT2D eigenvalue weighted by atomic mass is 10.1. The van der Waals surface area contributed by atoms with Crippen LogP contribution in [0.4, 0.5) is 0 Å². The molecule has 0 N–H and O–H groups in total. The van der Waals surface area contributed by atoms with E-state index in [1.54, 1.807) is 12.1 Å². The van der Waals surface area contributed by atoms with Crippen molar-refractivity contribution in [2.45, 2.75) is 0 Å². The van der Waals surface area contributed by atoms with Crippen LogP contribution in [0.3, 0.4) is 0 Å². The van der Waals surface area contributed by atoms with Gasteiger partial charge in [0, 0.05) is 20.1 Å². The average molecular weight is 302 g/mol. The van der Waals surface area contributed by atoms with Crippen molar-refractivity contribution >= 4 is 39.1 Å². The zero-order valence-corrected chi connectivity index (χ0v) is 10.8. The first kappa shape index (κ1) is 11.0. The third kappa shape index (κ3) is 2.36. The number of halogens is 3. The smallest absolute Gasteiger partial charge is 0.0485 e. The molecule has 0 nitrogen and oxygen atoms in total. The molecule has 0 aliphatic rings. The highest BCUT2D eigenvalue weighted by Crippen LogP contribution is 2.34. The summed E-state index contributed by atoms with van der Waals surface area (Å²) in [5.41, 5.74) is 1.99. The quantitative estimate of drug-likeness (QED) is 0.659. The maximum Gasteiger partial charge on any atom is 0.0485 e. The number of hydrogen-bond donors (Lipinski definition) is 0. The third-order valence-electron chi connectivity index (χ3n) is 2.09. The molecule has 0 aliphatic carbocycles. The maximum absolute atomic E-state index is 6.12. The Hall–Kier alpha value is -0.500. The Balaban J connectivity index is 2.64. The van der Waals surface area contributed by atoms with Gasteiger partial charge in [-0.3, -0.25) is 0 Å². The molecule has 0 fully saturated rings. The van der Waals surface area contributed by atoms with E-state index in [0.717, 1.165) is 15.6 Å². The van der Waals surface area contributed by atoms with E-state index in [2.05, 4.69) is 15.9 Å². The molecule has 15 heavy (non-hydrogen) atoms. The van der Waals surface area contributed by atoms with Crippen molar-refractivity contribution in [3.8, 4) is 11.1 Å². The molecule has 76 valence electrons. The van der Waals surface area contributed by atoms with Gasteiger partial charge in [0.1, 0.15) is 0 Å². The lowest BCUT2D eigenvalue weighted by Crippen LogP contribution is -1.81. The molecule has 2 rings (SSSR count). The molecule has 0 heterocycles. The van der Waals surface area contributed by atoms with Gasteiger partial charge >= 0.3 is 0 Å². The lowest BCUT2D eigenvalue weighted by Gasteiger charge is -2.07. The molecule has 2 aromatic carbocycles. The molecule has 0 saturated carbocycles. The standard InChI is InChI=1S/C12H7BrCl2/c13-11-4-2-1-3-9(11)10-7-8(14)5-6-12(10)15/h1-7H. The molecule has 0 spiro atoms. The van der Waals surface area contributed by atoms with E-state index in [1.807, 2.05) is 30.3 Å². The second-order valence-electron chi connectivity index (χ2n) is 3.10. The van der Waals surface area contributed by atoms with E-state index in [4.69, 9.17) is 23.2 Å². The Kier molecular flexibility index (Phi) is 3.35. The summed E-state index contributed by atoms with van der Waals surface area (Å²) in [7, 11) is 0. The van der Waals surface area contributed by atoms with Crippen LogP contribution in [0, 0.1) is 0 Å². The highest BCUT2D eigenvalue weighted by molar-refractivity contribution is 9.10. The molecule has 0 bridgehead atoms. The second kappa shape index (κ2) is 4.56. The molecule has 0 atom stereocenters. The normalized spacial score (nSPS) is 10.3. The topological polar surface area (TPSA) is 0 Å². The predicted octanol–water partition coefficient (Wildman–Crippen LogP) is 5.42. The zero-order valence-electron chi connectivity index (χ0n) is 7.68. The summed E-state index contributed by atoms with van der Waals surface area (Å²) in [5, 5.41) is 1.39. The van der Waals surface area contributed by atoms with E-state index < -0.39 is 0 Å². The van der Waals surface area contributed by atoms with Crippen molar-refractivity contribution in [2.24, 2.45) is 0 Å². The monoisotopic (exact) mass is 300 g/mol. The second-order valence-corrected chi connectivity index (χ2v) is 4.80. The first-order valence-electron chi connectivity index (χ1n) is 4.38. The van der Waals surface area contributed by atoms with E-state index in [9.17, 15) is 0 Å². The van der Waals surface area contributed by atoms with Crippen molar-refractivity contribution in [1.82, 2.24) is 0 Å². The zero-order chi connectivity index (χ0) is 10.8. The lowest BCUT2D eigenvalue weighted by molar-refractivity contribution is 1.58. The van der Waals surface area contributed by atoms with E-state index in [0.29, 0.717) is 10.0 Å². The molecule has 0 amide bonds. The summed E-state index contributed by atoms with van der Waals surface area (Å²) in [5.74, 6) is 0. The fourth-order valence-electron chi connectivity index (χ4n) is 1.38. The number of benzene rings is 2. The van der Waals surface area contributed by atoms with Crippen LogP contribution in [0.2, 0.25) is 10.0 Å². The van der Waals surface area contributed by atoms with Gasteiger partial charge in [0.25, 0.3) is 0 Å². The van der Waals surface area contributed by atoms with Gasteiger partial charge in [-0.15, -0.1) is 0 Å². The van der Waals surface area contributed by atoms with Crippen LogP contribution >= 0.6 is 39.1 Å². The van der Waals surface area contributed by atoms with Gasteiger partial charge in [-0.05, 0) is 29.8 Å². The Morgan fingerprint density at radius 1 is 0.867 bits per heavy atom. The van der Waals surface area contributed by atoms with Crippen LogP contribution in [-0.4, -0.2) is 0 Å². The molecule has 0 aliphatic heterocycles. The van der Waals surface area contributed by atoms with Crippen LogP contribution in [-0.2, 0) is 0 Å². The number of hydrogen-bond acceptors (Lipinski definition) is 0. The van der Waals surface area contributed by atoms with Gasteiger partial charge in [-0.1, -0.05) is 57.3 Å². The van der Waals surface area contributed by atoms with Crippen LogP contribution < -0.4 is 0 Å². The van der Waals surface area contributed by atoms with Crippen molar-refractivity contribution in [3.63, 3.8) is 0 Å². The van der Waals surface area contributed by atoms with Crippen molar-refractivity contribution < 1.29 is 0 Å². The van der Waals surface area contributed by atoms with E-state index in [1.165, 1.54) is 0 Å². The summed E-state index contributed by atoms with van der Waals surface area (Å²) >= 11 is 15.6. The van der Waals surface area contributed by atoms with Gasteiger partial charge in [-0.2, -0.15) is 0 Å². The molecule has 0 saturated heterocycles. The maximum atomic E-state index is 6.12. The third-order valence-corrected chi connectivity index (χ3v) is 3.35. The molecular weight excluding hydrogens is 295 g/mol. The SMILES string of the molecule is Clc1ccc(Cl)c(-c2ccccc2Br)c1. The Morgan fingerprint density at radius 3 is 2.33 bits per heavy atom. The van der Waals surface area contributed by atoms with Crippen molar-refractivity contribution in [3.05, 3.63) is 57.0 Å². The minimum Gasteiger partial charge on any atom is -0.0843 e. The number of rotatable bonds is 1. The van der Waals surface area contributed by atoms with Crippen LogP contribution in [0.15, 0.2) is 46.9 Å². The summed E-state index contributed by atoms with van der Waals surface area (Å²) < 4.78 is 1.01. The fourth-order valence-corrected chi connectivity index (χ4v) is 2.27. The summed E-state index contributed by atoms with van der Waals surface area (Å²) in [6, 6.07) is 13.4. The summed E-state index contributed by atoms with van der Waals surface area (Å²) in [4.78, 5) is 0. The minimum atomic E-state index is 0.685. The summed E-state index contributed by atoms with van der Waals surface area (Å²) in [6.07, 6.45) is 0. The molecule has 2 aromatic rings. The highest BCUT2D eigenvalue weighted by atomic mass is 79.9. The predicted molar refractivity (Wildman–Crippen MR) is 69.6 cm³/mol. The molecule has 0 aromatic heterocycles. The largest absolute Gasteiger partial charge is 0.0843 e. The molecule has 0 radical (unpaired) electrons.